The maximum atomic E-state index is 12.4. The first-order valence-electron chi connectivity index (χ1n) is 7.27. The zero-order chi connectivity index (χ0) is 17.1. The summed E-state index contributed by atoms with van der Waals surface area (Å²) in [7, 11) is 3.31. The van der Waals surface area contributed by atoms with E-state index in [9.17, 15) is 9.59 Å². The van der Waals surface area contributed by atoms with Crippen molar-refractivity contribution >= 4 is 17.5 Å². The summed E-state index contributed by atoms with van der Waals surface area (Å²) in [4.78, 5) is 26.0. The van der Waals surface area contributed by atoms with Crippen molar-refractivity contribution in [3.05, 3.63) is 60.0 Å². The number of carbonyl (C=O) groups excluding carboxylic acids is 2. The molecule has 0 saturated heterocycles. The molecule has 0 radical (unpaired) electrons. The molecule has 7 heteroatoms. The number of nitrogens with one attached hydrogen (secondary N) is 2. The average Bonchev–Trinajstić information content (AvgIpc) is 3.25. The number of rotatable bonds is 4. The number of amides is 2. The molecule has 3 rings (SSSR count). The first-order valence-corrected chi connectivity index (χ1v) is 7.27. The lowest BCUT2D eigenvalue weighted by atomic mass is 10.1. The van der Waals surface area contributed by atoms with Gasteiger partial charge in [-0.05, 0) is 24.3 Å². The van der Waals surface area contributed by atoms with Crippen molar-refractivity contribution in [2.45, 2.75) is 0 Å². The van der Waals surface area contributed by atoms with Crippen LogP contribution in [0.25, 0.3) is 11.5 Å². The number of carbonyl (C=O) groups is 2. The molecule has 0 bridgehead atoms. The summed E-state index contributed by atoms with van der Waals surface area (Å²) < 4.78 is 5.25. The molecule has 3 aromatic rings. The van der Waals surface area contributed by atoms with Crippen molar-refractivity contribution in [2.24, 2.45) is 0 Å². The van der Waals surface area contributed by atoms with Crippen molar-refractivity contribution in [2.75, 3.05) is 19.4 Å². The molecule has 2 N–H and O–H groups in total. The average molecular weight is 324 g/mol. The Labute approximate surface area is 138 Å². The summed E-state index contributed by atoms with van der Waals surface area (Å²) in [5.74, 6) is -0.0167. The molecule has 0 atom stereocenters. The van der Waals surface area contributed by atoms with Crippen molar-refractivity contribution in [1.82, 2.24) is 15.1 Å². The second kappa shape index (κ2) is 6.41. The molecule has 2 aromatic heterocycles. The summed E-state index contributed by atoms with van der Waals surface area (Å²) in [6.07, 6.45) is 1.54. The van der Waals surface area contributed by atoms with Crippen LogP contribution in [0.4, 0.5) is 5.69 Å². The van der Waals surface area contributed by atoms with Gasteiger partial charge in [0.05, 0.1) is 17.5 Å². The predicted molar refractivity (Wildman–Crippen MR) is 88.7 cm³/mol. The van der Waals surface area contributed by atoms with Crippen LogP contribution in [-0.4, -0.2) is 41.0 Å². The van der Waals surface area contributed by atoms with E-state index in [-0.39, 0.29) is 11.6 Å². The Hall–Kier alpha value is -3.35. The van der Waals surface area contributed by atoms with E-state index in [2.05, 4.69) is 15.5 Å². The van der Waals surface area contributed by atoms with Gasteiger partial charge in [-0.2, -0.15) is 5.10 Å². The largest absolute Gasteiger partial charge is 0.463 e. The topological polar surface area (TPSA) is 91.2 Å². The Balaban J connectivity index is 1.82. The van der Waals surface area contributed by atoms with Gasteiger partial charge in [-0.25, -0.2) is 0 Å². The summed E-state index contributed by atoms with van der Waals surface area (Å²) in [6, 6.07) is 11.9. The molecule has 0 aliphatic heterocycles. The zero-order valence-corrected chi connectivity index (χ0v) is 13.2. The third-order valence-corrected chi connectivity index (χ3v) is 3.41. The second-order valence-electron chi connectivity index (χ2n) is 5.34. The molecule has 0 aliphatic carbocycles. The number of anilines is 1. The lowest BCUT2D eigenvalue weighted by Crippen LogP contribution is -2.24. The van der Waals surface area contributed by atoms with Gasteiger partial charge in [-0.3, -0.25) is 14.7 Å². The molecule has 0 unspecified atom stereocenters. The molecule has 2 heterocycles. The maximum absolute atomic E-state index is 12.4. The van der Waals surface area contributed by atoms with Crippen LogP contribution in [0.1, 0.15) is 20.8 Å². The Morgan fingerprint density at radius 1 is 1.17 bits per heavy atom. The number of para-hydroxylation sites is 1. The number of nitrogens with zero attached hydrogens (tertiary/aromatic N) is 2. The van der Waals surface area contributed by atoms with Crippen LogP contribution < -0.4 is 5.32 Å². The van der Waals surface area contributed by atoms with E-state index < -0.39 is 5.91 Å². The van der Waals surface area contributed by atoms with Gasteiger partial charge >= 0.3 is 0 Å². The van der Waals surface area contributed by atoms with Crippen LogP contribution in [0, 0.1) is 0 Å². The second-order valence-corrected chi connectivity index (χ2v) is 5.34. The van der Waals surface area contributed by atoms with Gasteiger partial charge in [0.25, 0.3) is 11.8 Å². The highest BCUT2D eigenvalue weighted by Crippen LogP contribution is 2.20. The Morgan fingerprint density at radius 2 is 1.96 bits per heavy atom. The molecule has 122 valence electrons. The molecule has 7 nitrogen and oxygen atoms in total. The van der Waals surface area contributed by atoms with E-state index in [4.69, 9.17) is 4.42 Å². The molecule has 24 heavy (non-hydrogen) atoms. The third kappa shape index (κ3) is 3.05. The summed E-state index contributed by atoms with van der Waals surface area (Å²) >= 11 is 0. The number of furan rings is 1. The molecule has 0 fully saturated rings. The molecular formula is C17H16N4O3. The fourth-order valence-electron chi connectivity index (χ4n) is 2.20. The summed E-state index contributed by atoms with van der Waals surface area (Å²) in [6.45, 7) is 0. The minimum atomic E-state index is -0.414. The highest BCUT2D eigenvalue weighted by atomic mass is 16.3. The van der Waals surface area contributed by atoms with Crippen LogP contribution in [0.2, 0.25) is 0 Å². The number of aromatic nitrogens is 2. The summed E-state index contributed by atoms with van der Waals surface area (Å²) in [5, 5.41) is 9.46. The van der Waals surface area contributed by atoms with Gasteiger partial charge in [0, 0.05) is 20.2 Å². The number of aromatic amines is 1. The lowest BCUT2D eigenvalue weighted by Gasteiger charge is -2.14. The van der Waals surface area contributed by atoms with Gasteiger partial charge in [0.2, 0.25) is 0 Å². The van der Waals surface area contributed by atoms with Crippen molar-refractivity contribution in [1.29, 1.82) is 0 Å². The van der Waals surface area contributed by atoms with E-state index in [0.29, 0.717) is 22.7 Å². The van der Waals surface area contributed by atoms with Crippen molar-refractivity contribution < 1.29 is 14.0 Å². The monoisotopic (exact) mass is 324 g/mol. The van der Waals surface area contributed by atoms with Crippen LogP contribution in [0.5, 0.6) is 0 Å². The van der Waals surface area contributed by atoms with Crippen LogP contribution in [0.15, 0.2) is 53.1 Å². The number of benzene rings is 1. The number of hydrogen-bond acceptors (Lipinski definition) is 4. The highest BCUT2D eigenvalue weighted by molar-refractivity contribution is 6.08. The maximum Gasteiger partial charge on any atom is 0.276 e. The molecule has 1 aromatic carbocycles. The van der Waals surface area contributed by atoms with Gasteiger partial charge in [0.15, 0.2) is 11.5 Å². The van der Waals surface area contributed by atoms with E-state index in [0.717, 1.165) is 0 Å². The van der Waals surface area contributed by atoms with Crippen LogP contribution >= 0.6 is 0 Å². The Kier molecular flexibility index (Phi) is 4.15. The quantitative estimate of drug-likeness (QED) is 0.772. The number of hydrogen-bond donors (Lipinski definition) is 2. The Morgan fingerprint density at radius 3 is 2.67 bits per heavy atom. The standard InChI is InChI=1S/C17H16N4O3/c1-21(2)17(23)11-6-3-4-7-12(11)18-16(22)14-10-13(19-20-14)15-8-5-9-24-15/h3-10H,1-2H3,(H,18,22)(H,19,20). The van der Waals surface area contributed by atoms with Gasteiger partial charge in [0.1, 0.15) is 5.69 Å². The van der Waals surface area contributed by atoms with Gasteiger partial charge in [-0.1, -0.05) is 12.1 Å². The SMILES string of the molecule is CN(C)C(=O)c1ccccc1NC(=O)c1cc(-c2ccco2)[nH]n1. The smallest absolute Gasteiger partial charge is 0.276 e. The molecule has 0 saturated carbocycles. The molecule has 0 spiro atoms. The fourth-order valence-corrected chi connectivity index (χ4v) is 2.20. The zero-order valence-electron chi connectivity index (χ0n) is 13.2. The minimum absolute atomic E-state index is 0.191. The van der Waals surface area contributed by atoms with Gasteiger partial charge < -0.3 is 14.6 Å². The van der Waals surface area contributed by atoms with E-state index in [1.54, 1.807) is 62.8 Å². The van der Waals surface area contributed by atoms with E-state index in [1.165, 1.54) is 4.90 Å². The van der Waals surface area contributed by atoms with Crippen molar-refractivity contribution in [3.63, 3.8) is 0 Å². The van der Waals surface area contributed by atoms with Crippen LogP contribution in [-0.2, 0) is 0 Å². The Bertz CT molecular complexity index is 866. The van der Waals surface area contributed by atoms with E-state index >= 15 is 0 Å². The fraction of sp³-hybridized carbons (Fsp3) is 0.118. The molecule has 2 amide bonds. The number of H-pyrrole nitrogens is 1. The van der Waals surface area contributed by atoms with E-state index in [1.807, 2.05) is 0 Å². The first kappa shape index (κ1) is 15.5. The highest BCUT2D eigenvalue weighted by Gasteiger charge is 2.17. The molecular weight excluding hydrogens is 308 g/mol. The minimum Gasteiger partial charge on any atom is -0.463 e. The third-order valence-electron chi connectivity index (χ3n) is 3.41. The first-order chi connectivity index (χ1) is 11.6. The lowest BCUT2D eigenvalue weighted by molar-refractivity contribution is 0.0828. The molecule has 0 aliphatic rings. The van der Waals surface area contributed by atoms with Crippen molar-refractivity contribution in [3.8, 4) is 11.5 Å². The predicted octanol–water partition coefficient (Wildman–Crippen LogP) is 2.62. The summed E-state index contributed by atoms with van der Waals surface area (Å²) in [5.41, 5.74) is 1.65. The normalized spacial score (nSPS) is 10.4. The van der Waals surface area contributed by atoms with Crippen LogP contribution in [0.3, 0.4) is 0 Å². The van der Waals surface area contributed by atoms with Gasteiger partial charge in [-0.15, -0.1) is 0 Å².